The fourth-order valence-electron chi connectivity index (χ4n) is 2.27. The summed E-state index contributed by atoms with van der Waals surface area (Å²) in [6.45, 7) is 8.01. The van der Waals surface area contributed by atoms with E-state index in [4.69, 9.17) is 4.74 Å². The van der Waals surface area contributed by atoms with Gasteiger partial charge in [0.05, 0.1) is 11.7 Å². The molecule has 0 radical (unpaired) electrons. The van der Waals surface area contributed by atoms with Crippen LogP contribution in [-0.2, 0) is 4.74 Å². The van der Waals surface area contributed by atoms with Gasteiger partial charge in [0.15, 0.2) is 0 Å². The first kappa shape index (κ1) is 12.1. The van der Waals surface area contributed by atoms with Crippen LogP contribution >= 0.6 is 0 Å². The minimum absolute atomic E-state index is 0.136. The fourth-order valence-corrected chi connectivity index (χ4v) is 2.27. The lowest BCUT2D eigenvalue weighted by Gasteiger charge is -2.42. The molecule has 1 fully saturated rings. The molecule has 1 saturated heterocycles. The molecular formula is C12H20N4O. The van der Waals surface area contributed by atoms with Gasteiger partial charge in [0.2, 0.25) is 5.95 Å². The van der Waals surface area contributed by atoms with E-state index in [1.807, 2.05) is 13.1 Å². The van der Waals surface area contributed by atoms with Crippen LogP contribution in [0, 0.1) is 0 Å². The third-order valence-electron chi connectivity index (χ3n) is 2.76. The second kappa shape index (κ2) is 4.49. The highest BCUT2D eigenvalue weighted by Gasteiger charge is 2.31. The standard InChI is InChI=1S/C12H20N4O/c1-9-7-16(8-12(2,3)17-9)10-5-6-14-11(13-4)15-10/h5-6,9H,7-8H2,1-4H3,(H,13,14,15). The van der Waals surface area contributed by atoms with Gasteiger partial charge in [0, 0.05) is 26.3 Å². The van der Waals surface area contributed by atoms with Gasteiger partial charge in [-0.25, -0.2) is 4.98 Å². The number of anilines is 2. The minimum Gasteiger partial charge on any atom is -0.369 e. The summed E-state index contributed by atoms with van der Waals surface area (Å²) in [6, 6.07) is 1.94. The Morgan fingerprint density at radius 1 is 1.53 bits per heavy atom. The molecular weight excluding hydrogens is 216 g/mol. The lowest BCUT2D eigenvalue weighted by atomic mass is 10.1. The van der Waals surface area contributed by atoms with Gasteiger partial charge < -0.3 is 15.0 Å². The van der Waals surface area contributed by atoms with E-state index in [0.29, 0.717) is 5.95 Å². The molecule has 94 valence electrons. The largest absolute Gasteiger partial charge is 0.369 e. The van der Waals surface area contributed by atoms with Gasteiger partial charge >= 0.3 is 0 Å². The second-order valence-corrected chi connectivity index (χ2v) is 5.06. The average Bonchev–Trinajstić information content (AvgIpc) is 2.26. The molecule has 0 aromatic carbocycles. The summed E-state index contributed by atoms with van der Waals surface area (Å²) in [5.74, 6) is 1.60. The molecule has 17 heavy (non-hydrogen) atoms. The first-order valence-electron chi connectivity index (χ1n) is 5.94. The van der Waals surface area contributed by atoms with Crippen molar-refractivity contribution in [1.29, 1.82) is 0 Å². The molecule has 0 spiro atoms. The normalized spacial score (nSPS) is 23.5. The second-order valence-electron chi connectivity index (χ2n) is 5.06. The molecule has 0 aliphatic carbocycles. The number of morpholine rings is 1. The summed E-state index contributed by atoms with van der Waals surface area (Å²) in [5.41, 5.74) is -0.136. The van der Waals surface area contributed by atoms with Gasteiger partial charge in [-0.3, -0.25) is 0 Å². The summed E-state index contributed by atoms with van der Waals surface area (Å²) in [7, 11) is 1.82. The van der Waals surface area contributed by atoms with Crippen LogP contribution in [0.1, 0.15) is 20.8 Å². The number of nitrogens with one attached hydrogen (secondary N) is 1. The van der Waals surface area contributed by atoms with Gasteiger partial charge in [-0.2, -0.15) is 4.98 Å². The Labute approximate surface area is 102 Å². The van der Waals surface area contributed by atoms with Crippen molar-refractivity contribution >= 4 is 11.8 Å². The molecule has 1 unspecified atom stereocenters. The Kier molecular flexibility index (Phi) is 3.19. The molecule has 2 rings (SSSR count). The Bertz CT molecular complexity index is 394. The van der Waals surface area contributed by atoms with E-state index in [2.05, 4.69) is 41.0 Å². The van der Waals surface area contributed by atoms with Crippen LogP contribution < -0.4 is 10.2 Å². The maximum absolute atomic E-state index is 5.88. The molecule has 5 nitrogen and oxygen atoms in total. The van der Waals surface area contributed by atoms with E-state index in [1.165, 1.54) is 0 Å². The van der Waals surface area contributed by atoms with Crippen LogP contribution in [0.4, 0.5) is 11.8 Å². The average molecular weight is 236 g/mol. The number of nitrogens with zero attached hydrogens (tertiary/aromatic N) is 3. The van der Waals surface area contributed by atoms with Gasteiger partial charge in [-0.15, -0.1) is 0 Å². The van der Waals surface area contributed by atoms with Crippen molar-refractivity contribution in [2.45, 2.75) is 32.5 Å². The smallest absolute Gasteiger partial charge is 0.224 e. The highest BCUT2D eigenvalue weighted by atomic mass is 16.5. The Morgan fingerprint density at radius 2 is 2.29 bits per heavy atom. The third-order valence-corrected chi connectivity index (χ3v) is 2.76. The summed E-state index contributed by atoms with van der Waals surface area (Å²) in [5, 5.41) is 2.96. The zero-order chi connectivity index (χ0) is 12.5. The number of ether oxygens (including phenoxy) is 1. The molecule has 0 saturated carbocycles. The first-order valence-corrected chi connectivity index (χ1v) is 5.94. The Hall–Kier alpha value is -1.36. The lowest BCUT2D eigenvalue weighted by molar-refractivity contribution is -0.0751. The van der Waals surface area contributed by atoms with Crippen molar-refractivity contribution in [1.82, 2.24) is 9.97 Å². The zero-order valence-electron chi connectivity index (χ0n) is 10.9. The summed E-state index contributed by atoms with van der Waals surface area (Å²) in [6.07, 6.45) is 1.99. The van der Waals surface area contributed by atoms with E-state index < -0.39 is 0 Å². The number of aromatic nitrogens is 2. The highest BCUT2D eigenvalue weighted by Crippen LogP contribution is 2.24. The van der Waals surface area contributed by atoms with Crippen molar-refractivity contribution in [2.75, 3.05) is 30.4 Å². The molecule has 0 amide bonds. The third kappa shape index (κ3) is 2.85. The molecule has 1 aliphatic heterocycles. The minimum atomic E-state index is -0.136. The van der Waals surface area contributed by atoms with E-state index in [9.17, 15) is 0 Å². The fraction of sp³-hybridized carbons (Fsp3) is 0.667. The number of hydrogen-bond donors (Lipinski definition) is 1. The van der Waals surface area contributed by atoms with Crippen molar-refractivity contribution in [3.05, 3.63) is 12.3 Å². The summed E-state index contributed by atoms with van der Waals surface area (Å²) >= 11 is 0. The van der Waals surface area contributed by atoms with Crippen LogP contribution in [0.2, 0.25) is 0 Å². The molecule has 1 aromatic heterocycles. The molecule has 1 N–H and O–H groups in total. The van der Waals surface area contributed by atoms with E-state index in [1.54, 1.807) is 6.20 Å². The Balaban J connectivity index is 2.20. The van der Waals surface area contributed by atoms with Gasteiger partial charge in [0.1, 0.15) is 5.82 Å². The van der Waals surface area contributed by atoms with Crippen LogP contribution in [0.3, 0.4) is 0 Å². The van der Waals surface area contributed by atoms with Crippen molar-refractivity contribution in [3.8, 4) is 0 Å². The maximum Gasteiger partial charge on any atom is 0.224 e. The van der Waals surface area contributed by atoms with Crippen LogP contribution in [-0.4, -0.2) is 41.8 Å². The predicted octanol–water partition coefficient (Wildman–Crippen LogP) is 1.52. The monoisotopic (exact) mass is 236 g/mol. The molecule has 0 bridgehead atoms. The van der Waals surface area contributed by atoms with Gasteiger partial charge in [0.25, 0.3) is 0 Å². The molecule has 1 aliphatic rings. The van der Waals surface area contributed by atoms with Crippen molar-refractivity contribution < 1.29 is 4.74 Å². The maximum atomic E-state index is 5.88. The Morgan fingerprint density at radius 3 is 2.94 bits per heavy atom. The van der Waals surface area contributed by atoms with Crippen molar-refractivity contribution in [2.24, 2.45) is 0 Å². The summed E-state index contributed by atoms with van der Waals surface area (Å²) in [4.78, 5) is 10.8. The zero-order valence-corrected chi connectivity index (χ0v) is 10.9. The van der Waals surface area contributed by atoms with Crippen LogP contribution in [0.25, 0.3) is 0 Å². The predicted molar refractivity (Wildman–Crippen MR) is 68.4 cm³/mol. The van der Waals surface area contributed by atoms with Crippen molar-refractivity contribution in [3.63, 3.8) is 0 Å². The summed E-state index contributed by atoms with van der Waals surface area (Å²) < 4.78 is 5.88. The van der Waals surface area contributed by atoms with E-state index >= 15 is 0 Å². The quantitative estimate of drug-likeness (QED) is 0.843. The highest BCUT2D eigenvalue weighted by molar-refractivity contribution is 5.43. The van der Waals surface area contributed by atoms with Crippen LogP contribution in [0.5, 0.6) is 0 Å². The molecule has 1 atom stereocenters. The topological polar surface area (TPSA) is 50.3 Å². The number of rotatable bonds is 2. The lowest BCUT2D eigenvalue weighted by Crippen LogP contribution is -2.52. The van der Waals surface area contributed by atoms with Gasteiger partial charge in [-0.1, -0.05) is 0 Å². The van der Waals surface area contributed by atoms with E-state index in [-0.39, 0.29) is 11.7 Å². The molecule has 2 heterocycles. The SMILES string of the molecule is CNc1nccc(N2CC(C)OC(C)(C)C2)n1. The first-order chi connectivity index (χ1) is 8.00. The molecule has 5 heteroatoms. The van der Waals surface area contributed by atoms with E-state index in [0.717, 1.165) is 18.9 Å². The number of hydrogen-bond acceptors (Lipinski definition) is 5. The van der Waals surface area contributed by atoms with Gasteiger partial charge in [-0.05, 0) is 26.8 Å². The molecule has 1 aromatic rings. The van der Waals surface area contributed by atoms with Crippen LogP contribution in [0.15, 0.2) is 12.3 Å².